The highest BCUT2D eigenvalue weighted by Gasteiger charge is 2.13. The Morgan fingerprint density at radius 1 is 1.50 bits per heavy atom. The van der Waals surface area contributed by atoms with E-state index < -0.39 is 12.1 Å². The summed E-state index contributed by atoms with van der Waals surface area (Å²) in [6, 6.07) is 8.76. The summed E-state index contributed by atoms with van der Waals surface area (Å²) in [7, 11) is 0. The van der Waals surface area contributed by atoms with Gasteiger partial charge in [0.05, 0.1) is 12.6 Å². The summed E-state index contributed by atoms with van der Waals surface area (Å²) in [6.07, 6.45) is 0.915. The molecule has 0 heterocycles. The van der Waals surface area contributed by atoms with E-state index in [-0.39, 0.29) is 13.2 Å². The second-order valence-electron chi connectivity index (χ2n) is 3.18. The molecule has 4 heteroatoms. The maximum atomic E-state index is 11.3. The van der Waals surface area contributed by atoms with Crippen molar-refractivity contribution in [3.05, 3.63) is 48.6 Å². The highest BCUT2D eigenvalue weighted by atomic mass is 16.5. The smallest absolute Gasteiger partial charge is 0.408 e. The lowest BCUT2D eigenvalue weighted by Crippen LogP contribution is -2.31. The van der Waals surface area contributed by atoms with E-state index in [1.54, 1.807) is 0 Å². The lowest BCUT2D eigenvalue weighted by Gasteiger charge is -2.16. The number of hydrogen-bond donors (Lipinski definition) is 2. The number of aliphatic hydroxyl groups is 1. The number of carbonyl (C=O) groups is 1. The molecule has 0 spiro atoms. The molecule has 0 saturated heterocycles. The molecule has 16 heavy (non-hydrogen) atoms. The number of alkyl carbamates (subject to hydrolysis) is 1. The molecule has 0 fully saturated rings. The first kappa shape index (κ1) is 12.3. The molecule has 0 radical (unpaired) electrons. The molecule has 0 aliphatic carbocycles. The summed E-state index contributed by atoms with van der Waals surface area (Å²) >= 11 is 0. The van der Waals surface area contributed by atoms with Gasteiger partial charge >= 0.3 is 6.09 Å². The molecule has 86 valence electrons. The number of ether oxygens (including phenoxy) is 1. The molecule has 0 bridgehead atoms. The Hall–Kier alpha value is -1.81. The van der Waals surface area contributed by atoms with E-state index in [0.29, 0.717) is 0 Å². The predicted molar refractivity (Wildman–Crippen MR) is 60.9 cm³/mol. The predicted octanol–water partition coefficient (Wildman–Crippen LogP) is 1.63. The first-order chi connectivity index (χ1) is 7.77. The number of benzene rings is 1. The van der Waals surface area contributed by atoms with Crippen LogP contribution in [0, 0.1) is 0 Å². The summed E-state index contributed by atoms with van der Waals surface area (Å²) in [6.45, 7) is 3.41. The molecule has 1 aromatic carbocycles. The largest absolute Gasteiger partial charge is 0.445 e. The SMILES string of the molecule is C=CCOC(=O)N[C@H](CO)c1ccccc1. The molecule has 0 unspecified atom stereocenters. The van der Waals surface area contributed by atoms with Crippen molar-refractivity contribution in [3.8, 4) is 0 Å². The van der Waals surface area contributed by atoms with Crippen molar-refractivity contribution in [1.29, 1.82) is 0 Å². The summed E-state index contributed by atoms with van der Waals surface area (Å²) in [4.78, 5) is 11.3. The van der Waals surface area contributed by atoms with E-state index in [2.05, 4.69) is 11.9 Å². The number of amides is 1. The number of carbonyl (C=O) groups excluding carboxylic acids is 1. The first-order valence-electron chi connectivity index (χ1n) is 4.98. The van der Waals surface area contributed by atoms with Crippen LogP contribution in [0.4, 0.5) is 4.79 Å². The molecular formula is C12H15NO3. The maximum Gasteiger partial charge on any atom is 0.408 e. The van der Waals surface area contributed by atoms with Gasteiger partial charge < -0.3 is 15.2 Å². The van der Waals surface area contributed by atoms with Crippen LogP contribution in [-0.4, -0.2) is 24.4 Å². The number of nitrogens with one attached hydrogen (secondary N) is 1. The van der Waals surface area contributed by atoms with Crippen molar-refractivity contribution in [1.82, 2.24) is 5.32 Å². The fourth-order valence-electron chi connectivity index (χ4n) is 1.24. The quantitative estimate of drug-likeness (QED) is 0.743. The monoisotopic (exact) mass is 221 g/mol. The molecule has 1 rings (SSSR count). The summed E-state index contributed by atoms with van der Waals surface area (Å²) in [5.74, 6) is 0. The van der Waals surface area contributed by atoms with Crippen molar-refractivity contribution in [2.75, 3.05) is 13.2 Å². The van der Waals surface area contributed by atoms with E-state index in [4.69, 9.17) is 9.84 Å². The standard InChI is InChI=1S/C12H15NO3/c1-2-8-16-12(15)13-11(9-14)10-6-4-3-5-7-10/h2-7,11,14H,1,8-9H2,(H,13,15)/t11-/m1/s1. The molecule has 0 aliphatic rings. The zero-order valence-electron chi connectivity index (χ0n) is 8.93. The van der Waals surface area contributed by atoms with Gasteiger partial charge in [-0.05, 0) is 5.56 Å². The highest BCUT2D eigenvalue weighted by molar-refractivity contribution is 5.68. The molecular weight excluding hydrogens is 206 g/mol. The van der Waals surface area contributed by atoms with Gasteiger partial charge in [0.15, 0.2) is 0 Å². The molecule has 4 nitrogen and oxygen atoms in total. The fourth-order valence-corrected chi connectivity index (χ4v) is 1.24. The Labute approximate surface area is 94.6 Å². The van der Waals surface area contributed by atoms with E-state index in [0.717, 1.165) is 5.56 Å². The maximum absolute atomic E-state index is 11.3. The Kier molecular flexibility index (Phi) is 5.08. The van der Waals surface area contributed by atoms with Gasteiger partial charge in [0.1, 0.15) is 6.61 Å². The van der Waals surface area contributed by atoms with Gasteiger partial charge in [0, 0.05) is 0 Å². The Morgan fingerprint density at radius 3 is 2.75 bits per heavy atom. The van der Waals surface area contributed by atoms with Crippen LogP contribution in [0.5, 0.6) is 0 Å². The van der Waals surface area contributed by atoms with Gasteiger partial charge in [-0.3, -0.25) is 0 Å². The molecule has 1 amide bonds. The Balaban J connectivity index is 2.55. The minimum Gasteiger partial charge on any atom is -0.445 e. The zero-order valence-corrected chi connectivity index (χ0v) is 8.93. The van der Waals surface area contributed by atoms with Gasteiger partial charge in [-0.1, -0.05) is 43.0 Å². The zero-order chi connectivity index (χ0) is 11.8. The lowest BCUT2D eigenvalue weighted by molar-refractivity contribution is 0.146. The third kappa shape index (κ3) is 3.74. The van der Waals surface area contributed by atoms with Crippen molar-refractivity contribution in [2.24, 2.45) is 0 Å². The second-order valence-corrected chi connectivity index (χ2v) is 3.18. The number of aliphatic hydroxyl groups excluding tert-OH is 1. The van der Waals surface area contributed by atoms with Crippen LogP contribution < -0.4 is 5.32 Å². The lowest BCUT2D eigenvalue weighted by atomic mass is 10.1. The van der Waals surface area contributed by atoms with Crippen LogP contribution >= 0.6 is 0 Å². The van der Waals surface area contributed by atoms with Crippen LogP contribution in [0.2, 0.25) is 0 Å². The topological polar surface area (TPSA) is 58.6 Å². The van der Waals surface area contributed by atoms with Crippen molar-refractivity contribution < 1.29 is 14.6 Å². The summed E-state index contributed by atoms with van der Waals surface area (Å²) < 4.78 is 4.77. The van der Waals surface area contributed by atoms with Gasteiger partial charge in [0.25, 0.3) is 0 Å². The van der Waals surface area contributed by atoms with E-state index >= 15 is 0 Å². The normalized spacial score (nSPS) is 11.6. The van der Waals surface area contributed by atoms with Crippen LogP contribution in [0.25, 0.3) is 0 Å². The van der Waals surface area contributed by atoms with Crippen LogP contribution in [0.1, 0.15) is 11.6 Å². The van der Waals surface area contributed by atoms with Crippen molar-refractivity contribution in [2.45, 2.75) is 6.04 Å². The molecule has 0 saturated carbocycles. The van der Waals surface area contributed by atoms with Gasteiger partial charge in [-0.25, -0.2) is 4.79 Å². The van der Waals surface area contributed by atoms with E-state index in [9.17, 15) is 4.79 Å². The molecule has 2 N–H and O–H groups in total. The van der Waals surface area contributed by atoms with Gasteiger partial charge in [0.2, 0.25) is 0 Å². The molecule has 0 aliphatic heterocycles. The first-order valence-corrected chi connectivity index (χ1v) is 4.98. The van der Waals surface area contributed by atoms with Gasteiger partial charge in [-0.2, -0.15) is 0 Å². The Morgan fingerprint density at radius 2 is 2.19 bits per heavy atom. The highest BCUT2D eigenvalue weighted by Crippen LogP contribution is 2.11. The van der Waals surface area contributed by atoms with Crippen molar-refractivity contribution >= 4 is 6.09 Å². The average Bonchev–Trinajstić information content (AvgIpc) is 2.34. The van der Waals surface area contributed by atoms with E-state index in [1.165, 1.54) is 6.08 Å². The van der Waals surface area contributed by atoms with Crippen molar-refractivity contribution in [3.63, 3.8) is 0 Å². The van der Waals surface area contributed by atoms with Gasteiger partial charge in [-0.15, -0.1) is 0 Å². The second kappa shape index (κ2) is 6.63. The fraction of sp³-hybridized carbons (Fsp3) is 0.250. The molecule has 0 aromatic heterocycles. The minimum absolute atomic E-state index is 0.152. The van der Waals surface area contributed by atoms with E-state index in [1.807, 2.05) is 30.3 Å². The number of hydrogen-bond acceptors (Lipinski definition) is 3. The average molecular weight is 221 g/mol. The van der Waals surface area contributed by atoms with Crippen LogP contribution in [-0.2, 0) is 4.74 Å². The van der Waals surface area contributed by atoms with Crippen LogP contribution in [0.3, 0.4) is 0 Å². The summed E-state index contributed by atoms with van der Waals surface area (Å²) in [5.41, 5.74) is 0.834. The Bertz CT molecular complexity index is 337. The third-order valence-electron chi connectivity index (χ3n) is 2.01. The minimum atomic E-state index is -0.567. The number of rotatable bonds is 5. The third-order valence-corrected chi connectivity index (χ3v) is 2.01. The van der Waals surface area contributed by atoms with Crippen LogP contribution in [0.15, 0.2) is 43.0 Å². The molecule has 1 atom stereocenters. The molecule has 1 aromatic rings. The summed E-state index contributed by atoms with van der Waals surface area (Å²) in [5, 5.41) is 11.7.